The predicted molar refractivity (Wildman–Crippen MR) is 147 cm³/mol. The molecule has 0 saturated carbocycles. The Morgan fingerprint density at radius 1 is 1.08 bits per heavy atom. The molecule has 0 unspecified atom stereocenters. The number of aromatic nitrogens is 7. The molecule has 10 nitrogen and oxygen atoms in total. The molecule has 0 amide bonds. The first kappa shape index (κ1) is 25.8. The summed E-state index contributed by atoms with van der Waals surface area (Å²) in [6.07, 6.45) is 6.79. The van der Waals surface area contributed by atoms with Crippen LogP contribution in [0.2, 0.25) is 0 Å². The number of rotatable bonds is 9. The first-order valence-electron chi connectivity index (χ1n) is 12.8. The van der Waals surface area contributed by atoms with Crippen LogP contribution in [0.15, 0.2) is 71.9 Å². The van der Waals surface area contributed by atoms with Crippen LogP contribution in [0.4, 0.5) is 0 Å². The summed E-state index contributed by atoms with van der Waals surface area (Å²) in [7, 11) is 0. The van der Waals surface area contributed by atoms with Crippen LogP contribution < -0.4 is 5.69 Å². The number of aryl methyl sites for hydroxylation is 1. The Morgan fingerprint density at radius 2 is 1.87 bits per heavy atom. The Balaban J connectivity index is 1.53. The molecule has 0 aliphatic heterocycles. The molecule has 10 heteroatoms. The lowest BCUT2D eigenvalue weighted by atomic mass is 9.97. The highest BCUT2D eigenvalue weighted by Gasteiger charge is 2.22. The normalized spacial score (nSPS) is 11.3. The summed E-state index contributed by atoms with van der Waals surface area (Å²) in [5, 5.41) is 24.1. The van der Waals surface area contributed by atoms with Crippen molar-refractivity contribution in [3.8, 4) is 28.2 Å². The number of nitrogens with one attached hydrogen (secondary N) is 1. The minimum atomic E-state index is -1.06. The zero-order chi connectivity index (χ0) is 27.5. The summed E-state index contributed by atoms with van der Waals surface area (Å²) in [4.78, 5) is 30.1. The summed E-state index contributed by atoms with van der Waals surface area (Å²) in [5.74, 6) is -0.464. The van der Waals surface area contributed by atoms with Gasteiger partial charge in [-0.25, -0.2) is 14.7 Å². The van der Waals surface area contributed by atoms with E-state index < -0.39 is 5.97 Å². The van der Waals surface area contributed by atoms with E-state index in [-0.39, 0.29) is 17.2 Å². The highest BCUT2D eigenvalue weighted by atomic mass is 16.4. The molecule has 0 aliphatic rings. The lowest BCUT2D eigenvalue weighted by Gasteiger charge is -2.15. The molecule has 0 spiro atoms. The number of imidazole rings is 1. The van der Waals surface area contributed by atoms with Gasteiger partial charge in [0.1, 0.15) is 0 Å². The molecule has 5 aromatic rings. The number of nitrogens with zero attached hydrogens (tertiary/aromatic N) is 6. The Kier molecular flexibility index (Phi) is 7.18. The Bertz CT molecular complexity index is 1670. The van der Waals surface area contributed by atoms with Gasteiger partial charge in [0.15, 0.2) is 5.82 Å². The molecular weight excluding hydrogens is 494 g/mol. The first-order chi connectivity index (χ1) is 18.9. The maximum atomic E-state index is 13.8. The topological polar surface area (TPSA) is 132 Å². The third kappa shape index (κ3) is 5.00. The van der Waals surface area contributed by atoms with E-state index in [0.29, 0.717) is 24.5 Å². The van der Waals surface area contributed by atoms with Crippen molar-refractivity contribution >= 4 is 5.97 Å². The van der Waals surface area contributed by atoms with Crippen molar-refractivity contribution in [3.63, 3.8) is 0 Å². The largest absolute Gasteiger partial charge is 0.478 e. The van der Waals surface area contributed by atoms with Crippen molar-refractivity contribution in [1.29, 1.82) is 0 Å². The van der Waals surface area contributed by atoms with Gasteiger partial charge in [-0.2, -0.15) is 0 Å². The Hall–Kier alpha value is -4.86. The summed E-state index contributed by atoms with van der Waals surface area (Å²) in [5.41, 5.74) is 5.55. The number of carboxylic acid groups (broad SMARTS) is 1. The standard InChI is InChI=1S/C29H29N7O3/c1-4-6-21-17-36(26-22(18(2)3)7-5-8-24(26)28(37)38)29(39)35(21)16-19-9-11-20(12-10-19)25-15-30-14-13-23(25)27-31-33-34-32-27/h5,7-15,17-18H,4,6,16H2,1-3H3,(H,37,38)(H,31,32,33,34). The number of hydrogen-bond donors (Lipinski definition) is 2. The molecule has 0 aliphatic carbocycles. The van der Waals surface area contributed by atoms with Crippen LogP contribution in [0.3, 0.4) is 0 Å². The fourth-order valence-corrected chi connectivity index (χ4v) is 4.86. The molecule has 0 saturated heterocycles. The highest BCUT2D eigenvalue weighted by Crippen LogP contribution is 2.30. The zero-order valence-corrected chi connectivity index (χ0v) is 22.0. The SMILES string of the molecule is CCCc1cn(-c2c(C(=O)O)cccc2C(C)C)c(=O)n1Cc1ccc(-c2cnccc2-c2nnn[nH]2)cc1. The number of carbonyl (C=O) groups is 1. The van der Waals surface area contributed by atoms with Crippen molar-refractivity contribution in [1.82, 2.24) is 34.7 Å². The maximum absolute atomic E-state index is 13.8. The number of tetrazole rings is 1. The maximum Gasteiger partial charge on any atom is 0.337 e. The fraction of sp³-hybridized carbons (Fsp3) is 0.241. The van der Waals surface area contributed by atoms with Crippen LogP contribution in [0.5, 0.6) is 0 Å². The van der Waals surface area contributed by atoms with E-state index >= 15 is 0 Å². The van der Waals surface area contributed by atoms with Gasteiger partial charge in [0.25, 0.3) is 0 Å². The van der Waals surface area contributed by atoms with Gasteiger partial charge in [-0.1, -0.05) is 63.6 Å². The monoisotopic (exact) mass is 523 g/mol. The zero-order valence-electron chi connectivity index (χ0n) is 22.0. The molecule has 0 radical (unpaired) electrons. The van der Waals surface area contributed by atoms with Crippen LogP contribution in [0, 0.1) is 0 Å². The predicted octanol–water partition coefficient (Wildman–Crippen LogP) is 4.70. The van der Waals surface area contributed by atoms with E-state index in [1.54, 1.807) is 35.3 Å². The lowest BCUT2D eigenvalue weighted by Crippen LogP contribution is -2.26. The van der Waals surface area contributed by atoms with Gasteiger partial charge in [0.05, 0.1) is 17.8 Å². The second kappa shape index (κ2) is 10.9. The van der Waals surface area contributed by atoms with E-state index in [1.807, 2.05) is 50.2 Å². The van der Waals surface area contributed by atoms with E-state index in [0.717, 1.165) is 39.9 Å². The number of carboxylic acids is 1. The van der Waals surface area contributed by atoms with Gasteiger partial charge in [-0.05, 0) is 51.6 Å². The minimum absolute atomic E-state index is 0.0434. The molecule has 0 fully saturated rings. The van der Waals surface area contributed by atoms with Gasteiger partial charge in [-0.15, -0.1) is 5.10 Å². The van der Waals surface area contributed by atoms with Gasteiger partial charge in [-0.3, -0.25) is 14.1 Å². The van der Waals surface area contributed by atoms with Crippen molar-refractivity contribution in [2.45, 2.75) is 46.1 Å². The number of benzene rings is 2. The number of aromatic carboxylic acids is 1. The van der Waals surface area contributed by atoms with Crippen molar-refractivity contribution < 1.29 is 9.90 Å². The summed E-state index contributed by atoms with van der Waals surface area (Å²) in [6.45, 7) is 6.40. The van der Waals surface area contributed by atoms with E-state index in [4.69, 9.17) is 0 Å². The molecule has 5 rings (SSSR count). The smallest absolute Gasteiger partial charge is 0.337 e. The molecule has 3 aromatic heterocycles. The highest BCUT2D eigenvalue weighted by molar-refractivity contribution is 5.92. The van der Waals surface area contributed by atoms with Crippen molar-refractivity contribution in [2.24, 2.45) is 0 Å². The third-order valence-electron chi connectivity index (χ3n) is 6.76. The van der Waals surface area contributed by atoms with E-state index in [2.05, 4.69) is 32.5 Å². The van der Waals surface area contributed by atoms with Gasteiger partial charge in [0.2, 0.25) is 0 Å². The fourth-order valence-electron chi connectivity index (χ4n) is 4.86. The number of aromatic amines is 1. The quantitative estimate of drug-likeness (QED) is 0.286. The van der Waals surface area contributed by atoms with Crippen LogP contribution in [0.25, 0.3) is 28.2 Å². The molecule has 2 N–H and O–H groups in total. The molecule has 2 aromatic carbocycles. The Labute approximate surface area is 225 Å². The summed E-state index contributed by atoms with van der Waals surface area (Å²) >= 11 is 0. The lowest BCUT2D eigenvalue weighted by molar-refractivity contribution is 0.0696. The molecule has 39 heavy (non-hydrogen) atoms. The van der Waals surface area contributed by atoms with Gasteiger partial charge >= 0.3 is 11.7 Å². The van der Waals surface area contributed by atoms with Crippen molar-refractivity contribution in [2.75, 3.05) is 0 Å². The second-order valence-corrected chi connectivity index (χ2v) is 9.68. The van der Waals surface area contributed by atoms with E-state index in [1.165, 1.54) is 4.57 Å². The van der Waals surface area contributed by atoms with Crippen LogP contribution in [-0.4, -0.2) is 45.8 Å². The van der Waals surface area contributed by atoms with Crippen molar-refractivity contribution in [3.05, 3.63) is 100.0 Å². The van der Waals surface area contributed by atoms with Crippen LogP contribution in [0.1, 0.15) is 60.3 Å². The second-order valence-electron chi connectivity index (χ2n) is 9.68. The number of para-hydroxylation sites is 1. The van der Waals surface area contributed by atoms with Crippen LogP contribution in [-0.2, 0) is 13.0 Å². The van der Waals surface area contributed by atoms with Crippen LogP contribution >= 0.6 is 0 Å². The summed E-state index contributed by atoms with van der Waals surface area (Å²) in [6, 6.07) is 14.9. The average molecular weight is 524 g/mol. The molecule has 0 atom stereocenters. The third-order valence-corrected chi connectivity index (χ3v) is 6.76. The molecule has 198 valence electrons. The summed E-state index contributed by atoms with van der Waals surface area (Å²) < 4.78 is 3.24. The number of H-pyrrole nitrogens is 1. The number of pyridine rings is 1. The molecule has 3 heterocycles. The molecular formula is C29H29N7O3. The van der Waals surface area contributed by atoms with Gasteiger partial charge in [0, 0.05) is 35.4 Å². The van der Waals surface area contributed by atoms with Gasteiger partial charge < -0.3 is 5.11 Å². The Morgan fingerprint density at radius 3 is 2.54 bits per heavy atom. The molecule has 0 bridgehead atoms. The number of hydrogen-bond acceptors (Lipinski definition) is 6. The first-order valence-corrected chi connectivity index (χ1v) is 12.8. The average Bonchev–Trinajstić information content (AvgIpc) is 3.58. The van der Waals surface area contributed by atoms with E-state index in [9.17, 15) is 14.7 Å². The minimum Gasteiger partial charge on any atom is -0.478 e.